The number of benzene rings is 1. The molecule has 144 valence electrons. The van der Waals surface area contributed by atoms with Crippen molar-refractivity contribution in [3.63, 3.8) is 0 Å². The van der Waals surface area contributed by atoms with Crippen molar-refractivity contribution in [2.75, 3.05) is 18.5 Å². The van der Waals surface area contributed by atoms with E-state index in [1.165, 1.54) is 0 Å². The molecule has 1 aromatic carbocycles. The maximum atomic E-state index is 11.8. The minimum Gasteiger partial charge on any atom is -0.352 e. The van der Waals surface area contributed by atoms with Crippen molar-refractivity contribution in [2.45, 2.75) is 32.9 Å². The Morgan fingerprint density at radius 1 is 1.15 bits per heavy atom. The molecule has 6 nitrogen and oxygen atoms in total. The summed E-state index contributed by atoms with van der Waals surface area (Å²) in [7, 11) is 1.75. The summed E-state index contributed by atoms with van der Waals surface area (Å²) in [6.07, 6.45) is 1.60. The molecule has 2 heterocycles. The Kier molecular flexibility index (Phi) is 8.02. The molecule has 1 aromatic heterocycles. The van der Waals surface area contributed by atoms with Crippen LogP contribution in [-0.2, 0) is 17.9 Å². The number of hydrogen-bond donors (Lipinski definition) is 2. The lowest BCUT2D eigenvalue weighted by Gasteiger charge is -2.16. The van der Waals surface area contributed by atoms with E-state index in [2.05, 4.69) is 20.6 Å². The largest absolute Gasteiger partial charge is 0.352 e. The summed E-state index contributed by atoms with van der Waals surface area (Å²) >= 11 is 0. The number of carbonyl (C=O) groups excluding carboxylic acids is 1. The standard InChI is InChI=1S/C20H25N5O.HI/c1-15-5-3-6-17(24-15)14-23-20(21-2)22-13-16-8-10-18(11-9-16)25-12-4-7-19(25)26;/h3,5-6,8-11H,4,7,12-14H2,1-2H3,(H2,21,22,23);1H. The van der Waals surface area contributed by atoms with E-state index >= 15 is 0 Å². The van der Waals surface area contributed by atoms with Crippen LogP contribution in [0.4, 0.5) is 5.69 Å². The zero-order valence-electron chi connectivity index (χ0n) is 15.7. The molecule has 1 aliphatic heterocycles. The number of carbonyl (C=O) groups is 1. The predicted octanol–water partition coefficient (Wildman–Crippen LogP) is 3.00. The highest BCUT2D eigenvalue weighted by Gasteiger charge is 2.21. The van der Waals surface area contributed by atoms with Gasteiger partial charge in [-0.15, -0.1) is 24.0 Å². The van der Waals surface area contributed by atoms with E-state index in [0.717, 1.165) is 41.6 Å². The van der Waals surface area contributed by atoms with E-state index in [1.54, 1.807) is 7.05 Å². The quantitative estimate of drug-likeness (QED) is 0.393. The van der Waals surface area contributed by atoms with Gasteiger partial charge in [0.25, 0.3) is 0 Å². The number of nitrogens with one attached hydrogen (secondary N) is 2. The van der Waals surface area contributed by atoms with Crippen molar-refractivity contribution in [3.05, 3.63) is 59.4 Å². The highest BCUT2D eigenvalue weighted by Crippen LogP contribution is 2.21. The number of guanidine groups is 1. The number of anilines is 1. The number of pyridine rings is 1. The molecule has 1 saturated heterocycles. The number of nitrogens with zero attached hydrogens (tertiary/aromatic N) is 3. The fourth-order valence-corrected chi connectivity index (χ4v) is 2.99. The van der Waals surface area contributed by atoms with Gasteiger partial charge < -0.3 is 15.5 Å². The van der Waals surface area contributed by atoms with Crippen molar-refractivity contribution < 1.29 is 4.79 Å². The van der Waals surface area contributed by atoms with Crippen molar-refractivity contribution >= 4 is 41.5 Å². The van der Waals surface area contributed by atoms with Gasteiger partial charge in [-0.2, -0.15) is 0 Å². The Bertz CT molecular complexity index is 791. The molecule has 0 radical (unpaired) electrons. The molecule has 0 unspecified atom stereocenters. The highest BCUT2D eigenvalue weighted by atomic mass is 127. The fraction of sp³-hybridized carbons (Fsp3) is 0.350. The third kappa shape index (κ3) is 5.92. The summed E-state index contributed by atoms with van der Waals surface area (Å²) in [5.41, 5.74) is 4.10. The molecule has 1 aliphatic rings. The minimum absolute atomic E-state index is 0. The van der Waals surface area contributed by atoms with Gasteiger partial charge in [-0.05, 0) is 43.2 Å². The zero-order valence-corrected chi connectivity index (χ0v) is 18.1. The van der Waals surface area contributed by atoms with Gasteiger partial charge in [0.2, 0.25) is 5.91 Å². The molecular weight excluding hydrogens is 453 g/mol. The maximum absolute atomic E-state index is 11.8. The Hall–Kier alpha value is -2.16. The van der Waals surface area contributed by atoms with E-state index < -0.39 is 0 Å². The Labute approximate surface area is 177 Å². The van der Waals surface area contributed by atoms with E-state index in [0.29, 0.717) is 19.5 Å². The van der Waals surface area contributed by atoms with Crippen molar-refractivity contribution in [1.82, 2.24) is 15.6 Å². The van der Waals surface area contributed by atoms with Crippen molar-refractivity contribution in [1.29, 1.82) is 0 Å². The molecule has 0 aliphatic carbocycles. The van der Waals surface area contributed by atoms with Crippen molar-refractivity contribution in [2.24, 2.45) is 4.99 Å². The minimum atomic E-state index is 0. The van der Waals surface area contributed by atoms with Crippen LogP contribution in [0.1, 0.15) is 29.8 Å². The summed E-state index contributed by atoms with van der Waals surface area (Å²) in [5, 5.41) is 6.57. The third-order valence-electron chi connectivity index (χ3n) is 4.39. The van der Waals surface area contributed by atoms with Gasteiger partial charge in [-0.25, -0.2) is 0 Å². The average Bonchev–Trinajstić information content (AvgIpc) is 3.08. The van der Waals surface area contributed by atoms with Crippen LogP contribution < -0.4 is 15.5 Å². The Balaban J connectivity index is 0.00000261. The lowest BCUT2D eigenvalue weighted by Crippen LogP contribution is -2.36. The molecule has 0 atom stereocenters. The summed E-state index contributed by atoms with van der Waals surface area (Å²) in [4.78, 5) is 22.4. The van der Waals surface area contributed by atoms with Crippen LogP contribution in [-0.4, -0.2) is 30.4 Å². The summed E-state index contributed by atoms with van der Waals surface area (Å²) < 4.78 is 0. The normalized spacial score (nSPS) is 14.1. The first-order chi connectivity index (χ1) is 12.7. The van der Waals surface area contributed by atoms with Crippen LogP contribution in [0.15, 0.2) is 47.5 Å². The molecule has 7 heteroatoms. The smallest absolute Gasteiger partial charge is 0.227 e. The molecule has 3 rings (SSSR count). The first-order valence-electron chi connectivity index (χ1n) is 8.92. The predicted molar refractivity (Wildman–Crippen MR) is 119 cm³/mol. The molecule has 27 heavy (non-hydrogen) atoms. The first kappa shape index (κ1) is 21.1. The summed E-state index contributed by atoms with van der Waals surface area (Å²) in [6.45, 7) is 4.09. The van der Waals surface area contributed by atoms with Gasteiger partial charge in [0.05, 0.1) is 12.2 Å². The van der Waals surface area contributed by atoms with E-state index in [9.17, 15) is 4.79 Å². The Morgan fingerprint density at radius 2 is 1.89 bits per heavy atom. The Morgan fingerprint density at radius 3 is 2.52 bits per heavy atom. The molecular formula is C20H26IN5O. The second kappa shape index (κ2) is 10.2. The zero-order chi connectivity index (χ0) is 18.4. The number of aryl methyl sites for hydroxylation is 1. The highest BCUT2D eigenvalue weighted by molar-refractivity contribution is 14.0. The summed E-state index contributed by atoms with van der Waals surface area (Å²) in [5.74, 6) is 0.942. The van der Waals surface area contributed by atoms with Crippen LogP contribution in [0.25, 0.3) is 0 Å². The van der Waals surface area contributed by atoms with Crippen LogP contribution >= 0.6 is 24.0 Å². The molecule has 2 aromatic rings. The van der Waals surface area contributed by atoms with Gasteiger partial charge in [0.1, 0.15) is 0 Å². The molecule has 0 saturated carbocycles. The van der Waals surface area contributed by atoms with Crippen molar-refractivity contribution in [3.8, 4) is 0 Å². The number of halogens is 1. The van der Waals surface area contributed by atoms with Gasteiger partial charge >= 0.3 is 0 Å². The van der Waals surface area contributed by atoms with E-state index in [-0.39, 0.29) is 29.9 Å². The monoisotopic (exact) mass is 479 g/mol. The lowest BCUT2D eigenvalue weighted by molar-refractivity contribution is -0.117. The number of amides is 1. The second-order valence-electron chi connectivity index (χ2n) is 6.37. The topological polar surface area (TPSA) is 69.6 Å². The average molecular weight is 479 g/mol. The summed E-state index contributed by atoms with van der Waals surface area (Å²) in [6, 6.07) is 14.1. The van der Waals surface area contributed by atoms with E-state index in [1.807, 2.05) is 54.3 Å². The van der Waals surface area contributed by atoms with Crippen LogP contribution in [0, 0.1) is 6.92 Å². The van der Waals surface area contributed by atoms with Gasteiger partial charge in [0, 0.05) is 37.9 Å². The lowest BCUT2D eigenvalue weighted by atomic mass is 10.2. The molecule has 1 fully saturated rings. The third-order valence-corrected chi connectivity index (χ3v) is 4.39. The van der Waals surface area contributed by atoms with Gasteiger partial charge in [-0.3, -0.25) is 14.8 Å². The van der Waals surface area contributed by atoms with Gasteiger partial charge in [-0.1, -0.05) is 18.2 Å². The number of rotatable bonds is 5. The molecule has 0 spiro atoms. The molecule has 1 amide bonds. The van der Waals surface area contributed by atoms with Crippen LogP contribution in [0.3, 0.4) is 0 Å². The van der Waals surface area contributed by atoms with Crippen LogP contribution in [0.5, 0.6) is 0 Å². The number of aliphatic imine (C=N–C) groups is 1. The van der Waals surface area contributed by atoms with Crippen LogP contribution in [0.2, 0.25) is 0 Å². The molecule has 2 N–H and O–H groups in total. The molecule has 0 bridgehead atoms. The van der Waals surface area contributed by atoms with E-state index in [4.69, 9.17) is 0 Å². The first-order valence-corrected chi connectivity index (χ1v) is 8.92. The maximum Gasteiger partial charge on any atom is 0.227 e. The number of hydrogen-bond acceptors (Lipinski definition) is 3. The number of aromatic nitrogens is 1. The fourth-order valence-electron chi connectivity index (χ4n) is 2.99. The second-order valence-corrected chi connectivity index (χ2v) is 6.37. The van der Waals surface area contributed by atoms with Gasteiger partial charge in [0.15, 0.2) is 5.96 Å². The SMILES string of the molecule is CN=C(NCc1ccc(N2CCCC2=O)cc1)NCc1cccc(C)n1.I.